The minimum atomic E-state index is 0.290. The minimum Gasteiger partial charge on any atom is -0.293 e. The van der Waals surface area contributed by atoms with E-state index < -0.39 is 0 Å². The number of rotatable bonds is 4. The molecule has 1 saturated carbocycles. The van der Waals surface area contributed by atoms with Gasteiger partial charge < -0.3 is 0 Å². The zero-order valence-electron chi connectivity index (χ0n) is 13.3. The second-order valence-corrected chi connectivity index (χ2v) is 7.07. The zero-order chi connectivity index (χ0) is 14.8. The van der Waals surface area contributed by atoms with Gasteiger partial charge in [0.2, 0.25) is 0 Å². The Bertz CT molecular complexity index is 491. The van der Waals surface area contributed by atoms with Crippen LogP contribution in [0.25, 0.3) is 0 Å². The lowest BCUT2D eigenvalue weighted by Gasteiger charge is -2.37. The van der Waals surface area contributed by atoms with Crippen molar-refractivity contribution in [2.75, 3.05) is 13.1 Å². The van der Waals surface area contributed by atoms with Gasteiger partial charge in [0.15, 0.2) is 5.78 Å². The van der Waals surface area contributed by atoms with Crippen LogP contribution >= 0.6 is 0 Å². The Morgan fingerprint density at radius 3 is 2.57 bits per heavy atom. The van der Waals surface area contributed by atoms with Gasteiger partial charge in [-0.3, -0.25) is 9.69 Å². The van der Waals surface area contributed by atoms with E-state index in [9.17, 15) is 4.79 Å². The summed E-state index contributed by atoms with van der Waals surface area (Å²) < 4.78 is 0. The Balaban J connectivity index is 1.65. The van der Waals surface area contributed by atoms with Crippen LogP contribution in [0.1, 0.15) is 67.8 Å². The second kappa shape index (κ2) is 6.31. The number of hydrogen-bond donors (Lipinski definition) is 0. The Morgan fingerprint density at radius 1 is 1.14 bits per heavy atom. The molecule has 2 aliphatic rings. The third kappa shape index (κ3) is 3.21. The van der Waals surface area contributed by atoms with Crippen molar-refractivity contribution in [1.82, 2.24) is 4.90 Å². The van der Waals surface area contributed by atoms with E-state index in [1.807, 2.05) is 12.1 Å². The molecule has 1 aromatic carbocycles. The van der Waals surface area contributed by atoms with Crippen molar-refractivity contribution in [3.8, 4) is 0 Å². The minimum absolute atomic E-state index is 0.290. The number of hydrogen-bond acceptors (Lipinski definition) is 2. The Hall–Kier alpha value is -1.15. The highest BCUT2D eigenvalue weighted by atomic mass is 16.1. The summed E-state index contributed by atoms with van der Waals surface area (Å²) in [6.45, 7) is 6.09. The number of benzene rings is 1. The lowest BCUT2D eigenvalue weighted by Crippen LogP contribution is -2.45. The Labute approximate surface area is 128 Å². The summed E-state index contributed by atoms with van der Waals surface area (Å²) in [7, 11) is 0. The fourth-order valence-electron chi connectivity index (χ4n) is 4.08. The molecule has 0 N–H and O–H groups in total. The fourth-order valence-corrected chi connectivity index (χ4v) is 4.08. The van der Waals surface area contributed by atoms with Crippen LogP contribution in [0.2, 0.25) is 0 Å². The van der Waals surface area contributed by atoms with Gasteiger partial charge in [-0.1, -0.05) is 44.5 Å². The largest absolute Gasteiger partial charge is 0.293 e. The van der Waals surface area contributed by atoms with E-state index in [1.54, 1.807) is 0 Å². The molecule has 3 rings (SSSR count). The van der Waals surface area contributed by atoms with E-state index in [2.05, 4.69) is 30.9 Å². The number of piperidine rings is 1. The quantitative estimate of drug-likeness (QED) is 0.771. The molecule has 1 aliphatic carbocycles. The van der Waals surface area contributed by atoms with Crippen LogP contribution in [-0.4, -0.2) is 29.8 Å². The Kier molecular flexibility index (Phi) is 4.44. The summed E-state index contributed by atoms with van der Waals surface area (Å²) in [4.78, 5) is 15.0. The average molecular weight is 285 g/mol. The summed E-state index contributed by atoms with van der Waals surface area (Å²) >= 11 is 0. The number of carbonyl (C=O) groups excluding carboxylic acids is 1. The topological polar surface area (TPSA) is 20.3 Å². The van der Waals surface area contributed by atoms with E-state index in [1.165, 1.54) is 37.7 Å². The molecule has 0 aromatic heterocycles. The molecule has 0 amide bonds. The van der Waals surface area contributed by atoms with E-state index in [4.69, 9.17) is 0 Å². The molecule has 1 saturated heterocycles. The van der Waals surface area contributed by atoms with Gasteiger partial charge in [-0.05, 0) is 49.6 Å². The summed E-state index contributed by atoms with van der Waals surface area (Å²) in [5.74, 6) is 1.67. The fraction of sp³-hybridized carbons (Fsp3) is 0.632. The molecule has 1 heterocycles. The predicted octanol–water partition coefficient (Wildman–Crippen LogP) is 4.26. The molecule has 2 fully saturated rings. The number of fused-ring (bicyclic) bond motifs is 1. The van der Waals surface area contributed by atoms with Crippen molar-refractivity contribution in [1.29, 1.82) is 0 Å². The van der Waals surface area contributed by atoms with Gasteiger partial charge in [0.25, 0.3) is 0 Å². The molecule has 2 heteroatoms. The molecule has 2 atom stereocenters. The predicted molar refractivity (Wildman–Crippen MR) is 86.8 cm³/mol. The molecular weight excluding hydrogens is 258 g/mol. The van der Waals surface area contributed by atoms with Crippen molar-refractivity contribution in [2.45, 2.75) is 57.9 Å². The molecule has 2 unspecified atom stereocenters. The summed E-state index contributed by atoms with van der Waals surface area (Å²) in [6, 6.07) is 8.90. The number of ketones is 1. The highest BCUT2D eigenvalue weighted by Crippen LogP contribution is 2.36. The van der Waals surface area contributed by atoms with Gasteiger partial charge in [-0.25, -0.2) is 0 Å². The molecule has 0 radical (unpaired) electrons. The first-order valence-corrected chi connectivity index (χ1v) is 8.52. The first-order chi connectivity index (χ1) is 10.1. The smallest absolute Gasteiger partial charge is 0.176 e. The maximum Gasteiger partial charge on any atom is 0.176 e. The van der Waals surface area contributed by atoms with Gasteiger partial charge in [0.05, 0.1) is 6.54 Å². The summed E-state index contributed by atoms with van der Waals surface area (Å²) in [6.07, 6.45) is 6.66. The monoisotopic (exact) mass is 285 g/mol. The summed E-state index contributed by atoms with van der Waals surface area (Å²) in [5.41, 5.74) is 2.18. The molecular formula is C19H27NO. The van der Waals surface area contributed by atoms with Crippen LogP contribution in [-0.2, 0) is 0 Å². The van der Waals surface area contributed by atoms with E-state index in [-0.39, 0.29) is 5.78 Å². The first-order valence-electron chi connectivity index (χ1n) is 8.52. The van der Waals surface area contributed by atoms with Crippen LogP contribution in [0, 0.1) is 5.92 Å². The van der Waals surface area contributed by atoms with Gasteiger partial charge in [-0.15, -0.1) is 0 Å². The van der Waals surface area contributed by atoms with Gasteiger partial charge >= 0.3 is 0 Å². The molecule has 1 aliphatic heterocycles. The molecule has 1 aromatic rings. The third-order valence-corrected chi connectivity index (χ3v) is 5.35. The standard InChI is InChI=1S/C19H27NO/c1-14(2)15-8-10-17(11-9-15)19(21)13-20-12-4-6-16-5-3-7-18(16)20/h8-11,14,16,18H,3-7,12-13H2,1-2H3. The Morgan fingerprint density at radius 2 is 1.86 bits per heavy atom. The van der Waals surface area contributed by atoms with Crippen LogP contribution in [0.4, 0.5) is 0 Å². The van der Waals surface area contributed by atoms with Crippen molar-refractivity contribution in [3.63, 3.8) is 0 Å². The van der Waals surface area contributed by atoms with Crippen LogP contribution < -0.4 is 0 Å². The lowest BCUT2D eigenvalue weighted by molar-refractivity contribution is 0.0777. The maximum absolute atomic E-state index is 12.5. The van der Waals surface area contributed by atoms with Crippen LogP contribution in [0.15, 0.2) is 24.3 Å². The maximum atomic E-state index is 12.5. The van der Waals surface area contributed by atoms with E-state index in [0.29, 0.717) is 18.5 Å². The number of Topliss-reactive ketones (excluding diaryl/α,β-unsaturated/α-hetero) is 1. The summed E-state index contributed by atoms with van der Waals surface area (Å²) in [5, 5.41) is 0. The van der Waals surface area contributed by atoms with Crippen molar-refractivity contribution in [3.05, 3.63) is 35.4 Å². The third-order valence-electron chi connectivity index (χ3n) is 5.35. The van der Waals surface area contributed by atoms with Crippen molar-refractivity contribution < 1.29 is 4.79 Å². The number of nitrogens with zero attached hydrogens (tertiary/aromatic N) is 1. The normalized spacial score (nSPS) is 26.0. The zero-order valence-corrected chi connectivity index (χ0v) is 13.3. The van der Waals surface area contributed by atoms with Crippen molar-refractivity contribution >= 4 is 5.78 Å². The second-order valence-electron chi connectivity index (χ2n) is 7.07. The first kappa shape index (κ1) is 14.8. The molecule has 114 valence electrons. The van der Waals surface area contributed by atoms with Crippen LogP contribution in [0.3, 0.4) is 0 Å². The molecule has 21 heavy (non-hydrogen) atoms. The lowest BCUT2D eigenvalue weighted by atomic mass is 9.91. The molecule has 0 bridgehead atoms. The highest BCUT2D eigenvalue weighted by molar-refractivity contribution is 5.97. The van der Waals surface area contributed by atoms with Gasteiger partial charge in [0, 0.05) is 11.6 Å². The van der Waals surface area contributed by atoms with E-state index in [0.717, 1.165) is 18.0 Å². The highest BCUT2D eigenvalue weighted by Gasteiger charge is 2.35. The van der Waals surface area contributed by atoms with E-state index >= 15 is 0 Å². The van der Waals surface area contributed by atoms with Crippen molar-refractivity contribution in [2.24, 2.45) is 5.92 Å². The van der Waals surface area contributed by atoms with Gasteiger partial charge in [0.1, 0.15) is 0 Å². The van der Waals surface area contributed by atoms with Gasteiger partial charge in [-0.2, -0.15) is 0 Å². The number of carbonyl (C=O) groups is 1. The number of likely N-dealkylation sites (tertiary alicyclic amines) is 1. The SMILES string of the molecule is CC(C)c1ccc(C(=O)CN2CCCC3CCCC32)cc1. The van der Waals surface area contributed by atoms with Crippen LogP contribution in [0.5, 0.6) is 0 Å². The molecule has 2 nitrogen and oxygen atoms in total. The average Bonchev–Trinajstić information content (AvgIpc) is 2.97. The molecule has 0 spiro atoms.